The quantitative estimate of drug-likeness (QED) is 0.745. The van der Waals surface area contributed by atoms with E-state index < -0.39 is 22.1 Å². The largest absolute Gasteiger partial charge is 0.573 e. The molecule has 112 valence electrons. The Balaban J connectivity index is 2.88. The van der Waals surface area contributed by atoms with Crippen molar-refractivity contribution in [2.45, 2.75) is 31.9 Å². The Morgan fingerprint density at radius 1 is 1.30 bits per heavy atom. The highest BCUT2D eigenvalue weighted by molar-refractivity contribution is 9.10. The first-order valence-electron chi connectivity index (χ1n) is 5.50. The van der Waals surface area contributed by atoms with Crippen LogP contribution >= 0.6 is 15.9 Å². The van der Waals surface area contributed by atoms with E-state index in [0.717, 1.165) is 0 Å². The number of benzene rings is 1. The first-order valence-corrected chi connectivity index (χ1v) is 7.40. The fourth-order valence-corrected chi connectivity index (χ4v) is 2.08. The number of ether oxygens (including phenoxy) is 1. The molecule has 0 aliphatic rings. The second-order valence-electron chi connectivity index (χ2n) is 4.83. The van der Waals surface area contributed by atoms with Crippen molar-refractivity contribution < 1.29 is 22.1 Å². The van der Waals surface area contributed by atoms with Crippen LogP contribution in [0.2, 0.25) is 0 Å². The van der Waals surface area contributed by atoms with Gasteiger partial charge in [-0.15, -0.1) is 13.2 Å². The molecule has 0 heterocycles. The van der Waals surface area contributed by atoms with Gasteiger partial charge in [-0.05, 0) is 60.5 Å². The van der Waals surface area contributed by atoms with Crippen molar-refractivity contribution in [2.24, 2.45) is 4.40 Å². The van der Waals surface area contributed by atoms with E-state index in [0.29, 0.717) is 5.56 Å². The smallest absolute Gasteiger partial charge is 0.405 e. The van der Waals surface area contributed by atoms with Gasteiger partial charge in [0.1, 0.15) is 16.7 Å². The van der Waals surface area contributed by atoms with Gasteiger partial charge in [0.2, 0.25) is 0 Å². The summed E-state index contributed by atoms with van der Waals surface area (Å²) < 4.78 is 55.3. The first kappa shape index (κ1) is 17.2. The van der Waals surface area contributed by atoms with Crippen LogP contribution in [-0.2, 0) is 11.0 Å². The Morgan fingerprint density at radius 2 is 1.90 bits per heavy atom. The molecular formula is C12H13BrF3NO2S. The number of rotatable bonds is 3. The maximum absolute atomic E-state index is 12.1. The van der Waals surface area contributed by atoms with Gasteiger partial charge in [0, 0.05) is 6.21 Å². The summed E-state index contributed by atoms with van der Waals surface area (Å²) in [6.07, 6.45) is -3.39. The average Bonchev–Trinajstić information content (AvgIpc) is 2.26. The summed E-state index contributed by atoms with van der Waals surface area (Å²) >= 11 is 2.98. The molecule has 0 aliphatic heterocycles. The van der Waals surface area contributed by atoms with Crippen molar-refractivity contribution in [3.63, 3.8) is 0 Å². The monoisotopic (exact) mass is 371 g/mol. The molecule has 1 aromatic carbocycles. The third-order valence-electron chi connectivity index (χ3n) is 2.00. The van der Waals surface area contributed by atoms with Crippen LogP contribution in [0.4, 0.5) is 13.2 Å². The normalized spacial score (nSPS) is 14.6. The molecule has 8 heteroatoms. The Labute approximate surface area is 126 Å². The second-order valence-corrected chi connectivity index (χ2v) is 7.62. The molecule has 1 rings (SSSR count). The standard InChI is InChI=1S/C12H13BrF3NO2S/c1-11(2,3)20(18)17-7-8-4-5-10(9(13)6-8)19-12(14,15)16/h4-7H,1-3H3/b17-7+/t20-/m1/s1. The molecule has 1 atom stereocenters. The van der Waals surface area contributed by atoms with Crippen molar-refractivity contribution in [1.82, 2.24) is 0 Å². The highest BCUT2D eigenvalue weighted by Gasteiger charge is 2.31. The fraction of sp³-hybridized carbons (Fsp3) is 0.417. The van der Waals surface area contributed by atoms with Gasteiger partial charge in [0.15, 0.2) is 0 Å². The Hall–Kier alpha value is -0.890. The summed E-state index contributed by atoms with van der Waals surface area (Å²) in [6.45, 7) is 5.32. The van der Waals surface area contributed by atoms with Crippen molar-refractivity contribution in [2.75, 3.05) is 0 Å². The number of halogens is 4. The van der Waals surface area contributed by atoms with E-state index in [9.17, 15) is 17.4 Å². The van der Waals surface area contributed by atoms with Crippen molar-refractivity contribution in [3.05, 3.63) is 28.2 Å². The lowest BCUT2D eigenvalue weighted by Crippen LogP contribution is -2.19. The van der Waals surface area contributed by atoms with Crippen LogP contribution in [0, 0.1) is 0 Å². The van der Waals surface area contributed by atoms with E-state index in [-0.39, 0.29) is 10.2 Å². The molecule has 0 fully saturated rings. The van der Waals surface area contributed by atoms with Gasteiger partial charge < -0.3 is 4.74 Å². The summed E-state index contributed by atoms with van der Waals surface area (Å²) in [5, 5.41) is 0. The second kappa shape index (κ2) is 6.26. The number of hydrogen-bond acceptors (Lipinski definition) is 2. The lowest BCUT2D eigenvalue weighted by atomic mass is 10.2. The van der Waals surface area contributed by atoms with E-state index in [1.54, 1.807) is 20.8 Å². The zero-order chi connectivity index (χ0) is 15.6. The van der Waals surface area contributed by atoms with E-state index in [4.69, 9.17) is 0 Å². The van der Waals surface area contributed by atoms with Gasteiger partial charge in [0.25, 0.3) is 0 Å². The van der Waals surface area contributed by atoms with Crippen LogP contribution in [0.3, 0.4) is 0 Å². The van der Waals surface area contributed by atoms with Gasteiger partial charge in [-0.3, -0.25) is 0 Å². The van der Waals surface area contributed by atoms with Crippen molar-refractivity contribution in [3.8, 4) is 5.75 Å². The van der Waals surface area contributed by atoms with E-state index in [2.05, 4.69) is 25.1 Å². The van der Waals surface area contributed by atoms with Gasteiger partial charge in [-0.1, -0.05) is 0 Å². The first-order chi connectivity index (χ1) is 8.99. The zero-order valence-corrected chi connectivity index (χ0v) is 13.4. The maximum Gasteiger partial charge on any atom is 0.573 e. The molecule has 0 radical (unpaired) electrons. The summed E-state index contributed by atoms with van der Waals surface area (Å²) in [5.41, 5.74) is 0.518. The van der Waals surface area contributed by atoms with Crippen molar-refractivity contribution >= 4 is 33.1 Å². The van der Waals surface area contributed by atoms with Gasteiger partial charge in [-0.2, -0.15) is 4.40 Å². The molecule has 0 spiro atoms. The minimum atomic E-state index is -4.74. The molecule has 0 saturated carbocycles. The summed E-state index contributed by atoms with van der Waals surface area (Å²) in [6, 6.07) is 3.97. The topological polar surface area (TPSA) is 38.7 Å². The molecule has 0 N–H and O–H groups in total. The number of nitrogens with zero attached hydrogens (tertiary/aromatic N) is 1. The SMILES string of the molecule is CC(C)(C)[S@@](=O)/N=C/c1ccc(OC(F)(F)F)c(Br)c1. The number of alkyl halides is 3. The lowest BCUT2D eigenvalue weighted by molar-refractivity contribution is -0.274. The van der Waals surface area contributed by atoms with Gasteiger partial charge in [-0.25, -0.2) is 4.21 Å². The van der Waals surface area contributed by atoms with Crippen LogP contribution in [0.25, 0.3) is 0 Å². The van der Waals surface area contributed by atoms with Crippen LogP contribution < -0.4 is 4.74 Å². The minimum absolute atomic E-state index is 0.139. The molecule has 3 nitrogen and oxygen atoms in total. The van der Waals surface area contributed by atoms with E-state index in [1.165, 1.54) is 24.4 Å². The van der Waals surface area contributed by atoms with Gasteiger partial charge in [0.05, 0.1) is 9.22 Å². The minimum Gasteiger partial charge on any atom is -0.405 e. The third-order valence-corrected chi connectivity index (χ3v) is 3.97. The molecule has 20 heavy (non-hydrogen) atoms. The van der Waals surface area contributed by atoms with Crippen molar-refractivity contribution in [1.29, 1.82) is 0 Å². The average molecular weight is 372 g/mol. The highest BCUT2D eigenvalue weighted by atomic mass is 79.9. The Bertz CT molecular complexity index is 538. The zero-order valence-electron chi connectivity index (χ0n) is 11.0. The molecule has 0 amide bonds. The van der Waals surface area contributed by atoms with Crippen LogP contribution in [0.1, 0.15) is 26.3 Å². The molecular weight excluding hydrogens is 359 g/mol. The molecule has 0 aliphatic carbocycles. The van der Waals surface area contributed by atoms with Crippen LogP contribution in [0.15, 0.2) is 27.1 Å². The highest BCUT2D eigenvalue weighted by Crippen LogP contribution is 2.30. The predicted octanol–water partition coefficient (Wildman–Crippen LogP) is 4.23. The molecule has 0 aromatic heterocycles. The molecule has 0 unspecified atom stereocenters. The summed E-state index contributed by atoms with van der Waals surface area (Å²) in [4.78, 5) is 0. The molecule has 0 bridgehead atoms. The summed E-state index contributed by atoms with van der Waals surface area (Å²) in [5.74, 6) is -0.341. The Kier molecular flexibility index (Phi) is 5.37. The van der Waals surface area contributed by atoms with E-state index in [1.807, 2.05) is 0 Å². The predicted molar refractivity (Wildman–Crippen MR) is 76.3 cm³/mol. The molecule has 0 saturated heterocycles. The third kappa shape index (κ3) is 5.62. The van der Waals surface area contributed by atoms with Gasteiger partial charge >= 0.3 is 6.36 Å². The summed E-state index contributed by atoms with van der Waals surface area (Å²) in [7, 11) is -1.42. The van der Waals surface area contributed by atoms with Crippen LogP contribution in [0.5, 0.6) is 5.75 Å². The Morgan fingerprint density at radius 3 is 2.35 bits per heavy atom. The fourth-order valence-electron chi connectivity index (χ4n) is 1.07. The van der Waals surface area contributed by atoms with E-state index >= 15 is 0 Å². The molecule has 1 aromatic rings. The van der Waals surface area contributed by atoms with Crippen LogP contribution in [-0.4, -0.2) is 21.5 Å². The maximum atomic E-state index is 12.1. The number of hydrogen-bond donors (Lipinski definition) is 0. The lowest BCUT2D eigenvalue weighted by Gasteiger charge is -2.13.